The average Bonchev–Trinajstić information content (AvgIpc) is 3.34. The van der Waals surface area contributed by atoms with Gasteiger partial charge in [-0.2, -0.15) is 18.2 Å². The van der Waals surface area contributed by atoms with Crippen LogP contribution in [0.5, 0.6) is 0 Å². The highest BCUT2D eigenvalue weighted by atomic mass is 35.5. The molecule has 1 aliphatic carbocycles. The Balaban J connectivity index is 1.65. The Morgan fingerprint density at radius 2 is 1.94 bits per heavy atom. The van der Waals surface area contributed by atoms with Crippen molar-refractivity contribution in [3.05, 3.63) is 28.8 Å². The molecule has 1 saturated carbocycles. The summed E-state index contributed by atoms with van der Waals surface area (Å²) in [4.78, 5) is 18.1. The lowest BCUT2D eigenvalue weighted by Gasteiger charge is -2.26. The van der Waals surface area contributed by atoms with Gasteiger partial charge in [-0.05, 0) is 30.5 Å². The molecule has 1 amide bonds. The zero-order chi connectivity index (χ0) is 22.4. The van der Waals surface area contributed by atoms with Gasteiger partial charge in [0, 0.05) is 11.7 Å². The third kappa shape index (κ3) is 5.06. The second-order valence-corrected chi connectivity index (χ2v) is 12.1. The lowest BCUT2D eigenvalue weighted by atomic mass is 10.0. The van der Waals surface area contributed by atoms with Crippen molar-refractivity contribution in [2.24, 2.45) is 10.9 Å². The summed E-state index contributed by atoms with van der Waals surface area (Å²) >= 11 is 7.36. The van der Waals surface area contributed by atoms with E-state index in [1.165, 1.54) is 17.7 Å². The smallest absolute Gasteiger partial charge is 0.314 e. The van der Waals surface area contributed by atoms with Crippen LogP contribution in [0.3, 0.4) is 0 Å². The van der Waals surface area contributed by atoms with Crippen molar-refractivity contribution in [1.82, 2.24) is 0 Å². The maximum Gasteiger partial charge on any atom is 0.416 e. The van der Waals surface area contributed by atoms with E-state index < -0.39 is 32.9 Å². The van der Waals surface area contributed by atoms with E-state index in [-0.39, 0.29) is 39.7 Å². The second-order valence-electron chi connectivity index (χ2n) is 8.31. The first-order valence-electron chi connectivity index (χ1n) is 10.2. The Kier molecular flexibility index (Phi) is 6.35. The molecule has 2 saturated heterocycles. The normalized spacial score (nSPS) is 27.2. The summed E-state index contributed by atoms with van der Waals surface area (Å²) < 4.78 is 64.2. The van der Waals surface area contributed by atoms with Gasteiger partial charge in [-0.25, -0.2) is 8.42 Å². The van der Waals surface area contributed by atoms with E-state index in [0.29, 0.717) is 5.92 Å². The van der Waals surface area contributed by atoms with Crippen LogP contribution in [0.25, 0.3) is 0 Å². The van der Waals surface area contributed by atoms with Gasteiger partial charge in [0.15, 0.2) is 15.0 Å². The molecule has 2 aliphatic heterocycles. The molecule has 0 spiro atoms. The highest BCUT2D eigenvalue weighted by molar-refractivity contribution is 8.16. The predicted molar refractivity (Wildman–Crippen MR) is 116 cm³/mol. The number of rotatable bonds is 4. The van der Waals surface area contributed by atoms with E-state index >= 15 is 0 Å². The lowest BCUT2D eigenvalue weighted by molar-refractivity contribution is -0.137. The van der Waals surface area contributed by atoms with Crippen molar-refractivity contribution in [2.75, 3.05) is 16.4 Å². The SMILES string of the molecule is O=C(CCC1CCCC1)N=C1S[C@H]2CS(=O)(=O)C[C@@H]2N1c1cc(C(F)(F)F)ccc1Cl. The van der Waals surface area contributed by atoms with Crippen molar-refractivity contribution in [3.63, 3.8) is 0 Å². The minimum absolute atomic E-state index is 0.0240. The van der Waals surface area contributed by atoms with Crippen molar-refractivity contribution >= 4 is 50.0 Å². The minimum atomic E-state index is -4.58. The zero-order valence-electron chi connectivity index (χ0n) is 16.6. The number of aliphatic imine (C=N–C) groups is 1. The van der Waals surface area contributed by atoms with Crippen LogP contribution in [0.4, 0.5) is 18.9 Å². The summed E-state index contributed by atoms with van der Waals surface area (Å²) in [7, 11) is -3.34. The zero-order valence-corrected chi connectivity index (χ0v) is 19.0. The van der Waals surface area contributed by atoms with E-state index in [4.69, 9.17) is 11.6 Å². The third-order valence-electron chi connectivity index (χ3n) is 6.06. The van der Waals surface area contributed by atoms with Crippen molar-refractivity contribution in [1.29, 1.82) is 0 Å². The number of halogens is 4. The number of carbonyl (C=O) groups excluding carboxylic acids is 1. The van der Waals surface area contributed by atoms with E-state index in [0.717, 1.165) is 49.2 Å². The fraction of sp³-hybridized carbons (Fsp3) is 0.600. The first-order valence-corrected chi connectivity index (χ1v) is 13.3. The summed E-state index contributed by atoms with van der Waals surface area (Å²) in [5.41, 5.74) is -0.871. The van der Waals surface area contributed by atoms with Crippen molar-refractivity contribution in [2.45, 2.75) is 56.0 Å². The predicted octanol–water partition coefficient (Wildman–Crippen LogP) is 4.93. The highest BCUT2D eigenvalue weighted by Crippen LogP contribution is 2.44. The average molecular weight is 495 g/mol. The Labute approximate surface area is 188 Å². The van der Waals surface area contributed by atoms with Crippen molar-refractivity contribution < 1.29 is 26.4 Å². The number of alkyl halides is 3. The van der Waals surface area contributed by atoms with Crippen LogP contribution in [0.2, 0.25) is 5.02 Å². The number of fused-ring (bicyclic) bond motifs is 1. The van der Waals surface area contributed by atoms with Crippen LogP contribution in [0.1, 0.15) is 44.1 Å². The van der Waals surface area contributed by atoms with Gasteiger partial charge in [-0.15, -0.1) is 0 Å². The van der Waals surface area contributed by atoms with Gasteiger partial charge in [0.25, 0.3) is 0 Å². The summed E-state index contributed by atoms with van der Waals surface area (Å²) in [6.07, 6.45) is 0.977. The largest absolute Gasteiger partial charge is 0.416 e. The molecule has 0 N–H and O–H groups in total. The molecule has 0 bridgehead atoms. The van der Waals surface area contributed by atoms with E-state index in [2.05, 4.69) is 4.99 Å². The number of hydrogen-bond acceptors (Lipinski definition) is 4. The van der Waals surface area contributed by atoms with Crippen LogP contribution in [-0.2, 0) is 20.8 Å². The van der Waals surface area contributed by atoms with Gasteiger partial charge in [0.1, 0.15) is 0 Å². The highest BCUT2D eigenvalue weighted by Gasteiger charge is 2.50. The molecule has 2 heterocycles. The summed E-state index contributed by atoms with van der Waals surface area (Å²) in [5, 5.41) is -0.135. The minimum Gasteiger partial charge on any atom is -0.314 e. The number of amides is 1. The number of carbonyl (C=O) groups is 1. The fourth-order valence-electron chi connectivity index (χ4n) is 4.51. The number of hydrogen-bond donors (Lipinski definition) is 0. The monoisotopic (exact) mass is 494 g/mol. The molecule has 0 unspecified atom stereocenters. The molecule has 5 nitrogen and oxygen atoms in total. The molecule has 1 aromatic carbocycles. The van der Waals surface area contributed by atoms with Gasteiger partial charge in [-0.3, -0.25) is 4.79 Å². The topological polar surface area (TPSA) is 66.8 Å². The Morgan fingerprint density at radius 1 is 1.23 bits per heavy atom. The molecule has 0 radical (unpaired) electrons. The molecule has 1 aromatic rings. The maximum absolute atomic E-state index is 13.3. The van der Waals surface area contributed by atoms with Gasteiger partial charge < -0.3 is 4.90 Å². The molecule has 170 valence electrons. The van der Waals surface area contributed by atoms with Gasteiger partial charge >= 0.3 is 6.18 Å². The second kappa shape index (κ2) is 8.59. The maximum atomic E-state index is 13.3. The molecule has 2 atom stereocenters. The van der Waals surface area contributed by atoms with E-state index in [1.54, 1.807) is 0 Å². The van der Waals surface area contributed by atoms with Crippen LogP contribution in [0, 0.1) is 5.92 Å². The number of amidine groups is 1. The van der Waals surface area contributed by atoms with Gasteiger partial charge in [-0.1, -0.05) is 49.0 Å². The first-order chi connectivity index (χ1) is 14.5. The number of sulfone groups is 1. The van der Waals surface area contributed by atoms with Crippen LogP contribution in [-0.4, -0.2) is 42.3 Å². The summed E-state index contributed by atoms with van der Waals surface area (Å²) in [6, 6.07) is 2.30. The molecule has 4 rings (SSSR count). The van der Waals surface area contributed by atoms with Crippen LogP contribution < -0.4 is 4.90 Å². The fourth-order valence-corrected chi connectivity index (χ4v) is 8.64. The number of anilines is 1. The lowest BCUT2D eigenvalue weighted by Crippen LogP contribution is -2.38. The molecule has 3 fully saturated rings. The van der Waals surface area contributed by atoms with E-state index in [1.807, 2.05) is 0 Å². The molecule has 3 aliphatic rings. The van der Waals surface area contributed by atoms with Gasteiger partial charge in [0.2, 0.25) is 5.91 Å². The number of benzene rings is 1. The molecule has 11 heteroatoms. The summed E-state index contributed by atoms with van der Waals surface area (Å²) in [6.45, 7) is 0. The molecule has 0 aromatic heterocycles. The molecular formula is C20H22ClF3N2O3S2. The standard InChI is InChI=1S/C20H22ClF3N2O3S2/c21-14-7-6-13(20(22,23)24)9-15(14)26-16-10-31(28,29)11-17(16)30-19(26)25-18(27)8-5-12-3-1-2-4-12/h6-7,9,12,16-17H,1-5,8,10-11H2/t16-,17-/m0/s1. The Morgan fingerprint density at radius 3 is 2.61 bits per heavy atom. The first kappa shape index (κ1) is 22.9. The Hall–Kier alpha value is -1.26. The van der Waals surface area contributed by atoms with Crippen molar-refractivity contribution in [3.8, 4) is 0 Å². The number of nitrogens with zero attached hydrogens (tertiary/aromatic N) is 2. The van der Waals surface area contributed by atoms with Crippen LogP contribution in [0.15, 0.2) is 23.2 Å². The molecular weight excluding hydrogens is 473 g/mol. The van der Waals surface area contributed by atoms with Gasteiger partial charge in [0.05, 0.1) is 33.8 Å². The molecule has 31 heavy (non-hydrogen) atoms. The Bertz CT molecular complexity index is 1010. The quantitative estimate of drug-likeness (QED) is 0.593. The number of thioether (sulfide) groups is 1. The van der Waals surface area contributed by atoms with Crippen LogP contribution >= 0.6 is 23.4 Å². The third-order valence-corrected chi connectivity index (χ3v) is 9.59. The van der Waals surface area contributed by atoms with E-state index in [9.17, 15) is 26.4 Å². The summed E-state index contributed by atoms with van der Waals surface area (Å²) in [5.74, 6) is -0.152.